The number of carbonyl (C=O) groups is 5. The van der Waals surface area contributed by atoms with Gasteiger partial charge in [0.2, 0.25) is 11.8 Å². The molecule has 5 amide bonds. The highest BCUT2D eigenvalue weighted by Crippen LogP contribution is 2.41. The maximum atomic E-state index is 14.7. The Labute approximate surface area is 407 Å². The third-order valence-corrected chi connectivity index (χ3v) is 12.8. The molecule has 22 heteroatoms. The number of ether oxygens (including phenoxy) is 1. The second-order valence-corrected chi connectivity index (χ2v) is 19.6. The van der Waals surface area contributed by atoms with Crippen molar-refractivity contribution in [1.29, 1.82) is 0 Å². The fourth-order valence-corrected chi connectivity index (χ4v) is 8.47. The summed E-state index contributed by atoms with van der Waals surface area (Å²) in [7, 11) is 0. The van der Waals surface area contributed by atoms with Gasteiger partial charge in [0.1, 0.15) is 23.7 Å². The number of aliphatic hydroxyl groups excluding tert-OH is 1. The van der Waals surface area contributed by atoms with Crippen molar-refractivity contribution >= 4 is 74.8 Å². The lowest BCUT2D eigenvalue weighted by atomic mass is 9.85. The molecular weight excluding hydrogens is 1030 g/mol. The van der Waals surface area contributed by atoms with Crippen LogP contribution in [0.4, 0.5) is 28.9 Å². The van der Waals surface area contributed by atoms with Crippen LogP contribution in [0.25, 0.3) is 10.4 Å². The Hall–Kier alpha value is -5.43. The van der Waals surface area contributed by atoms with Crippen molar-refractivity contribution < 1.29 is 56.2 Å². The van der Waals surface area contributed by atoms with Crippen molar-refractivity contribution in [1.82, 2.24) is 36.6 Å². The van der Waals surface area contributed by atoms with E-state index in [-0.39, 0.29) is 63.4 Å². The predicted molar refractivity (Wildman–Crippen MR) is 253 cm³/mol. The van der Waals surface area contributed by atoms with E-state index < -0.39 is 81.9 Å². The normalized spacial score (nSPS) is 16.7. The number of aryl methyl sites for hydroxylation is 1. The average Bonchev–Trinajstić information content (AvgIpc) is 3.70. The minimum Gasteiger partial charge on any atom is -0.483 e. The van der Waals surface area contributed by atoms with Gasteiger partial charge in [0.15, 0.2) is 23.9 Å². The average molecular weight is 1080 g/mol. The summed E-state index contributed by atoms with van der Waals surface area (Å²) in [5.41, 5.74) is 2.09. The molecule has 68 heavy (non-hydrogen) atoms. The van der Waals surface area contributed by atoms with Gasteiger partial charge in [0.25, 0.3) is 17.7 Å². The fraction of sp³-hybridized carbons (Fsp3) is 0.435. The van der Waals surface area contributed by atoms with Gasteiger partial charge in [-0.3, -0.25) is 28.8 Å². The number of rotatable bonds is 21. The second kappa shape index (κ2) is 22.8. The van der Waals surface area contributed by atoms with E-state index in [1.807, 2.05) is 35.6 Å². The number of aliphatic hydroxyl groups is 1. The number of alkyl halides is 1. The number of nitrogens with zero attached hydrogens (tertiary/aromatic N) is 2. The summed E-state index contributed by atoms with van der Waals surface area (Å²) in [5, 5.41) is 24.3. The molecule has 7 N–H and O–H groups in total. The Morgan fingerprint density at radius 3 is 2.46 bits per heavy atom. The van der Waals surface area contributed by atoms with Crippen LogP contribution in [0.5, 0.6) is 5.75 Å². The van der Waals surface area contributed by atoms with E-state index in [4.69, 9.17) is 9.57 Å². The number of nitrogens with one attached hydrogen (secondary N) is 6. The molecule has 1 aromatic heterocycles. The van der Waals surface area contributed by atoms with Crippen molar-refractivity contribution in [2.75, 3.05) is 44.7 Å². The van der Waals surface area contributed by atoms with Gasteiger partial charge in [-0.1, -0.05) is 32.9 Å². The van der Waals surface area contributed by atoms with Gasteiger partial charge in [-0.15, -0.1) is 11.3 Å². The largest absolute Gasteiger partial charge is 0.483 e. The van der Waals surface area contributed by atoms with Crippen LogP contribution in [-0.4, -0.2) is 108 Å². The molecule has 0 unspecified atom stereocenters. The predicted octanol–water partition coefficient (Wildman–Crippen LogP) is 5.33. The lowest BCUT2D eigenvalue weighted by Crippen LogP contribution is -2.59. The number of thiazole rings is 1. The Kier molecular flexibility index (Phi) is 17.4. The molecule has 6 rings (SSSR count). The van der Waals surface area contributed by atoms with Crippen LogP contribution >= 0.6 is 33.9 Å². The summed E-state index contributed by atoms with van der Waals surface area (Å²) in [6.07, 6.45) is -0.510. The first kappa shape index (κ1) is 52.0. The van der Waals surface area contributed by atoms with Crippen molar-refractivity contribution in [3.63, 3.8) is 0 Å². The molecule has 1 saturated carbocycles. The summed E-state index contributed by atoms with van der Waals surface area (Å²) in [6.45, 7) is 7.48. The van der Waals surface area contributed by atoms with Crippen LogP contribution in [-0.2, 0) is 30.6 Å². The van der Waals surface area contributed by atoms with Gasteiger partial charge in [0.05, 0.1) is 45.7 Å². The number of hydrogen-bond acceptors (Lipinski definition) is 12. The van der Waals surface area contributed by atoms with E-state index in [1.54, 1.807) is 44.5 Å². The summed E-state index contributed by atoms with van der Waals surface area (Å²) in [5.74, 6) is -6.37. The molecule has 16 nitrogen and oxygen atoms in total. The standard InChI is InChI=1S/C46H53F4IN8O8S/c1-25-39(68-24-55-25)26-6-7-27(21-54-42(63)34-20-29(60)22-59(34)43(64)40(45(2,3)4)57-44(65)46(50)12-13-46)35(18-26)66-23-36(61)53-16-15-52-14-5-17-67-58-41(62)30-9-10-31(47)37(49)38(30)56-33-11-8-28(51)19-32(33)48/h6-11,18-19,24,29,34,40,52,56,60H,5,12-17,20-23H2,1-4H3,(H,53,61)(H,54,63)(H,57,65)(H,58,62)/t29-,34+,40-/m1/s1. The molecule has 2 fully saturated rings. The summed E-state index contributed by atoms with van der Waals surface area (Å²) in [4.78, 5) is 77.6. The second-order valence-electron chi connectivity index (χ2n) is 17.5. The number of aromatic nitrogens is 1. The zero-order chi connectivity index (χ0) is 49.3. The molecule has 0 radical (unpaired) electrons. The van der Waals surface area contributed by atoms with E-state index >= 15 is 0 Å². The molecule has 2 heterocycles. The molecule has 0 spiro atoms. The minimum absolute atomic E-state index is 0.0402. The lowest BCUT2D eigenvalue weighted by Gasteiger charge is -2.35. The number of carbonyl (C=O) groups excluding carboxylic acids is 5. The summed E-state index contributed by atoms with van der Waals surface area (Å²) < 4.78 is 64.4. The number of halogens is 5. The highest BCUT2D eigenvalue weighted by Gasteiger charge is 2.53. The van der Waals surface area contributed by atoms with E-state index in [0.717, 1.165) is 28.3 Å². The monoisotopic (exact) mass is 1080 g/mol. The van der Waals surface area contributed by atoms with Crippen LogP contribution in [0.2, 0.25) is 0 Å². The third-order valence-electron chi connectivity index (χ3n) is 11.2. The summed E-state index contributed by atoms with van der Waals surface area (Å²) >= 11 is 3.32. The van der Waals surface area contributed by atoms with Crippen molar-refractivity contribution in [3.8, 4) is 16.2 Å². The van der Waals surface area contributed by atoms with E-state index in [2.05, 4.69) is 37.0 Å². The highest BCUT2D eigenvalue weighted by molar-refractivity contribution is 14.1. The van der Waals surface area contributed by atoms with Gasteiger partial charge in [-0.25, -0.2) is 28.0 Å². The van der Waals surface area contributed by atoms with Crippen LogP contribution in [0.3, 0.4) is 0 Å². The van der Waals surface area contributed by atoms with Gasteiger partial charge in [-0.05, 0) is 103 Å². The van der Waals surface area contributed by atoms with Gasteiger partial charge in [-0.2, -0.15) is 0 Å². The van der Waals surface area contributed by atoms with Crippen molar-refractivity contribution in [2.45, 2.75) is 83.8 Å². The number of hydrogen-bond donors (Lipinski definition) is 7. The summed E-state index contributed by atoms with van der Waals surface area (Å²) in [6, 6.07) is 8.99. The van der Waals surface area contributed by atoms with Gasteiger partial charge >= 0.3 is 0 Å². The van der Waals surface area contributed by atoms with Crippen LogP contribution in [0.1, 0.15) is 68.1 Å². The molecule has 0 bridgehead atoms. The smallest absolute Gasteiger partial charge is 0.277 e. The molecule has 2 aliphatic rings. The van der Waals surface area contributed by atoms with Crippen LogP contribution in [0.15, 0.2) is 54.0 Å². The van der Waals surface area contributed by atoms with Crippen LogP contribution < -0.4 is 36.8 Å². The molecule has 3 aromatic carbocycles. The number of hydroxylamine groups is 1. The maximum Gasteiger partial charge on any atom is 0.277 e. The molecule has 1 aliphatic heterocycles. The number of likely N-dealkylation sites (tertiary alicyclic amines) is 1. The Bertz CT molecular complexity index is 2510. The van der Waals surface area contributed by atoms with Crippen LogP contribution in [0, 0.1) is 33.4 Å². The number of anilines is 2. The Balaban J connectivity index is 0.960. The topological polar surface area (TPSA) is 212 Å². The number of benzene rings is 3. The first-order valence-electron chi connectivity index (χ1n) is 21.8. The highest BCUT2D eigenvalue weighted by atomic mass is 127. The van der Waals surface area contributed by atoms with Gasteiger partial charge < -0.3 is 41.3 Å². The molecule has 3 atom stereocenters. The molecule has 1 saturated heterocycles. The quantitative estimate of drug-likeness (QED) is 0.0245. The SMILES string of the molecule is Cc1ncsc1-c1ccc(CNC(=O)[C@@H]2C[C@@H](O)CN2C(=O)[C@@H](NC(=O)C2(F)CC2)C(C)(C)C)c(OCC(=O)NCCNCCCONC(=O)c2ccc(F)c(F)c2Nc2ccc(I)cc2F)c1. The fourth-order valence-electron chi connectivity index (χ4n) is 7.21. The van der Waals surface area contributed by atoms with E-state index in [9.17, 15) is 46.6 Å². The zero-order valence-electron chi connectivity index (χ0n) is 37.7. The molecule has 1 aliphatic carbocycles. The Morgan fingerprint density at radius 1 is 1.00 bits per heavy atom. The molecular formula is C46H53F4IN8O8S. The maximum absolute atomic E-state index is 14.7. The minimum atomic E-state index is -2.01. The van der Waals surface area contributed by atoms with E-state index in [0.29, 0.717) is 34.4 Å². The van der Waals surface area contributed by atoms with Crippen molar-refractivity contribution in [2.24, 2.45) is 5.41 Å². The Morgan fingerprint density at radius 2 is 1.76 bits per heavy atom. The molecule has 4 aromatic rings. The van der Waals surface area contributed by atoms with E-state index in [1.165, 1.54) is 28.4 Å². The zero-order valence-corrected chi connectivity index (χ0v) is 40.7. The van der Waals surface area contributed by atoms with Gasteiger partial charge in [0, 0.05) is 41.7 Å². The third kappa shape index (κ3) is 13.4. The first-order valence-corrected chi connectivity index (χ1v) is 23.7. The number of β-amino-alcohol motifs (C(OH)–C–C–N with tert-alkyl or cyclic N) is 1. The van der Waals surface area contributed by atoms with Crippen molar-refractivity contribution in [3.05, 3.63) is 91.9 Å². The molecule has 366 valence electrons. The first-order chi connectivity index (χ1) is 32.2. The number of amides is 5. The lowest BCUT2D eigenvalue weighted by molar-refractivity contribution is -0.145.